The van der Waals surface area contributed by atoms with Crippen molar-refractivity contribution in [3.8, 4) is 16.9 Å². The maximum absolute atomic E-state index is 12.3. The Morgan fingerprint density at radius 3 is 2.70 bits per heavy atom. The van der Waals surface area contributed by atoms with Gasteiger partial charge in [-0.3, -0.25) is 4.79 Å². The summed E-state index contributed by atoms with van der Waals surface area (Å²) in [7, 11) is 1.97. The van der Waals surface area contributed by atoms with Crippen molar-refractivity contribution in [2.75, 3.05) is 25.0 Å². The number of carbonyl (C=O) groups excluding carboxylic acids is 1. The summed E-state index contributed by atoms with van der Waals surface area (Å²) in [6.07, 6.45) is 1.86. The van der Waals surface area contributed by atoms with Crippen molar-refractivity contribution in [3.63, 3.8) is 0 Å². The van der Waals surface area contributed by atoms with Gasteiger partial charge >= 0.3 is 0 Å². The lowest BCUT2D eigenvalue weighted by Gasteiger charge is -2.25. The zero-order chi connectivity index (χ0) is 18.8. The Balaban J connectivity index is 1.83. The van der Waals surface area contributed by atoms with Crippen LogP contribution in [0.15, 0.2) is 48.7 Å². The number of rotatable bonds is 5. The van der Waals surface area contributed by atoms with Gasteiger partial charge in [-0.1, -0.05) is 30.3 Å². The highest BCUT2D eigenvalue weighted by atomic mass is 16.5. The first kappa shape index (κ1) is 17.4. The standard InChI is InChI=1S/C21H22N4O2/c1-3-27-17-10-9-16(14-7-5-4-6-8-14)20-19(17)23-18(13-25(20)2)24-21(26)15-11-22-12-15/h4-10,13,15,22H,3,11-12H2,1-2H3/p+1. The van der Waals surface area contributed by atoms with Crippen molar-refractivity contribution < 1.29 is 14.1 Å². The molecule has 0 atom stereocenters. The molecule has 2 heterocycles. The van der Waals surface area contributed by atoms with Gasteiger partial charge in [0.15, 0.2) is 17.1 Å². The molecular weight excluding hydrogens is 340 g/mol. The lowest BCUT2D eigenvalue weighted by atomic mass is 10.0. The van der Waals surface area contributed by atoms with E-state index in [1.165, 1.54) is 0 Å². The fourth-order valence-corrected chi connectivity index (χ4v) is 3.31. The molecule has 1 aromatic heterocycles. The number of anilines is 1. The van der Waals surface area contributed by atoms with Crippen LogP contribution in [0.2, 0.25) is 0 Å². The Kier molecular flexibility index (Phi) is 4.73. The molecule has 0 unspecified atom stereocenters. The molecule has 2 N–H and O–H groups in total. The summed E-state index contributed by atoms with van der Waals surface area (Å²) in [4.78, 5) is 17.0. The molecule has 0 saturated carbocycles. The number of fused-ring (bicyclic) bond motifs is 1. The molecule has 1 amide bonds. The normalized spacial score (nSPS) is 14.0. The highest BCUT2D eigenvalue weighted by Gasteiger charge is 2.27. The van der Waals surface area contributed by atoms with Crippen molar-refractivity contribution in [2.45, 2.75) is 6.92 Å². The van der Waals surface area contributed by atoms with Crippen LogP contribution in [0.3, 0.4) is 0 Å². The minimum atomic E-state index is -0.00206. The molecule has 1 aliphatic rings. The van der Waals surface area contributed by atoms with Crippen LogP contribution in [0.25, 0.3) is 22.2 Å². The highest BCUT2D eigenvalue weighted by molar-refractivity contribution is 5.96. The van der Waals surface area contributed by atoms with Crippen LogP contribution in [0.4, 0.5) is 5.82 Å². The Morgan fingerprint density at radius 1 is 1.26 bits per heavy atom. The first-order valence-corrected chi connectivity index (χ1v) is 9.20. The number of hydrogen-bond donors (Lipinski definition) is 2. The third-order valence-corrected chi connectivity index (χ3v) is 4.80. The maximum Gasteiger partial charge on any atom is 0.242 e. The Bertz CT molecular complexity index is 984. The SMILES string of the molecule is CCOc1ccc(-c2ccccc2)c2c1nc(NC(=O)C1CNC1)c[n+]2C. The molecule has 2 aromatic carbocycles. The van der Waals surface area contributed by atoms with Gasteiger partial charge in [-0.15, -0.1) is 0 Å². The fraction of sp³-hybridized carbons (Fsp3) is 0.286. The molecule has 0 radical (unpaired) electrons. The van der Waals surface area contributed by atoms with Crippen molar-refractivity contribution in [1.29, 1.82) is 0 Å². The molecule has 6 nitrogen and oxygen atoms in total. The van der Waals surface area contributed by atoms with Crippen LogP contribution in [0.5, 0.6) is 5.75 Å². The van der Waals surface area contributed by atoms with Gasteiger partial charge in [-0.05, 0) is 24.6 Å². The first-order chi connectivity index (χ1) is 13.2. The minimum Gasteiger partial charge on any atom is -0.491 e. The van der Waals surface area contributed by atoms with E-state index in [0.29, 0.717) is 31.3 Å². The van der Waals surface area contributed by atoms with E-state index in [9.17, 15) is 4.79 Å². The predicted octanol–water partition coefficient (Wildman–Crippen LogP) is 2.28. The largest absolute Gasteiger partial charge is 0.491 e. The number of nitrogens with one attached hydrogen (secondary N) is 2. The number of aryl methyl sites for hydroxylation is 1. The van der Waals surface area contributed by atoms with Gasteiger partial charge in [0.25, 0.3) is 0 Å². The van der Waals surface area contributed by atoms with E-state index in [-0.39, 0.29) is 11.8 Å². The number of ether oxygens (including phenoxy) is 1. The number of amides is 1. The summed E-state index contributed by atoms with van der Waals surface area (Å²) in [6, 6.07) is 14.2. The molecule has 4 rings (SSSR count). The maximum atomic E-state index is 12.3. The van der Waals surface area contributed by atoms with Crippen LogP contribution in [-0.2, 0) is 11.8 Å². The molecule has 1 aliphatic heterocycles. The first-order valence-electron chi connectivity index (χ1n) is 9.20. The number of hydrogen-bond acceptors (Lipinski definition) is 4. The third kappa shape index (κ3) is 3.36. The molecule has 0 aliphatic carbocycles. The van der Waals surface area contributed by atoms with E-state index >= 15 is 0 Å². The number of aromatic nitrogens is 2. The van der Waals surface area contributed by atoms with Crippen LogP contribution in [0, 0.1) is 5.92 Å². The molecule has 3 aromatic rings. The van der Waals surface area contributed by atoms with E-state index in [0.717, 1.165) is 22.2 Å². The Labute approximate surface area is 158 Å². The smallest absolute Gasteiger partial charge is 0.242 e. The lowest BCUT2D eigenvalue weighted by molar-refractivity contribution is -0.644. The van der Waals surface area contributed by atoms with Crippen molar-refractivity contribution in [1.82, 2.24) is 10.3 Å². The second-order valence-electron chi connectivity index (χ2n) is 6.69. The van der Waals surface area contributed by atoms with Gasteiger partial charge in [0.05, 0.1) is 18.1 Å². The van der Waals surface area contributed by atoms with Crippen molar-refractivity contribution in [2.24, 2.45) is 13.0 Å². The lowest BCUT2D eigenvalue weighted by Crippen LogP contribution is -2.48. The van der Waals surface area contributed by atoms with Gasteiger partial charge in [0, 0.05) is 13.1 Å². The molecule has 0 bridgehead atoms. The van der Waals surface area contributed by atoms with E-state index in [1.54, 1.807) is 0 Å². The van der Waals surface area contributed by atoms with Crippen molar-refractivity contribution in [3.05, 3.63) is 48.7 Å². The van der Waals surface area contributed by atoms with E-state index in [1.807, 2.05) is 49.0 Å². The summed E-state index contributed by atoms with van der Waals surface area (Å²) in [5.74, 6) is 1.25. The molecule has 6 heteroatoms. The number of benzene rings is 2. The van der Waals surface area contributed by atoms with Gasteiger partial charge in [-0.2, -0.15) is 4.57 Å². The number of nitrogens with zero attached hydrogens (tertiary/aromatic N) is 2. The molecule has 1 saturated heterocycles. The monoisotopic (exact) mass is 363 g/mol. The quantitative estimate of drug-likeness (QED) is 0.683. The topological polar surface area (TPSA) is 67.1 Å². The van der Waals surface area contributed by atoms with Crippen LogP contribution >= 0.6 is 0 Å². The second kappa shape index (κ2) is 7.32. The average Bonchev–Trinajstić information content (AvgIpc) is 2.61. The van der Waals surface area contributed by atoms with E-state index < -0.39 is 0 Å². The summed E-state index contributed by atoms with van der Waals surface area (Å²) >= 11 is 0. The molecule has 138 valence electrons. The van der Waals surface area contributed by atoms with Crippen LogP contribution < -0.4 is 19.9 Å². The zero-order valence-corrected chi connectivity index (χ0v) is 15.5. The second-order valence-corrected chi connectivity index (χ2v) is 6.69. The Morgan fingerprint density at radius 2 is 2.04 bits per heavy atom. The Hall–Kier alpha value is -2.99. The van der Waals surface area contributed by atoms with Crippen molar-refractivity contribution >= 4 is 22.8 Å². The molecular formula is C21H23N4O2+. The van der Waals surface area contributed by atoms with Gasteiger partial charge < -0.3 is 15.4 Å². The third-order valence-electron chi connectivity index (χ3n) is 4.80. The summed E-state index contributed by atoms with van der Waals surface area (Å²) in [6.45, 7) is 3.93. The molecule has 27 heavy (non-hydrogen) atoms. The van der Waals surface area contributed by atoms with E-state index in [4.69, 9.17) is 9.72 Å². The molecule has 1 fully saturated rings. The average molecular weight is 363 g/mol. The van der Waals surface area contributed by atoms with Crippen LogP contribution in [0.1, 0.15) is 6.92 Å². The minimum absolute atomic E-state index is 0.00206. The summed E-state index contributed by atoms with van der Waals surface area (Å²) in [5.41, 5.74) is 3.89. The predicted molar refractivity (Wildman–Crippen MR) is 105 cm³/mol. The van der Waals surface area contributed by atoms with Crippen LogP contribution in [-0.4, -0.2) is 30.6 Å². The number of carbonyl (C=O) groups is 1. The highest BCUT2D eigenvalue weighted by Crippen LogP contribution is 2.32. The summed E-state index contributed by atoms with van der Waals surface area (Å²) < 4.78 is 7.81. The zero-order valence-electron chi connectivity index (χ0n) is 15.5. The fourth-order valence-electron chi connectivity index (χ4n) is 3.31. The van der Waals surface area contributed by atoms with Gasteiger partial charge in [-0.25, -0.2) is 4.98 Å². The summed E-state index contributed by atoms with van der Waals surface area (Å²) in [5, 5.41) is 6.05. The van der Waals surface area contributed by atoms with E-state index in [2.05, 4.69) is 28.8 Å². The molecule has 0 spiro atoms. The van der Waals surface area contributed by atoms with Gasteiger partial charge in [0.1, 0.15) is 7.05 Å². The van der Waals surface area contributed by atoms with Gasteiger partial charge in [0.2, 0.25) is 17.6 Å².